The van der Waals surface area contributed by atoms with Crippen molar-refractivity contribution < 1.29 is 14.2 Å². The lowest BCUT2D eigenvalue weighted by Gasteiger charge is -2.35. The Morgan fingerprint density at radius 1 is 1.17 bits per heavy atom. The van der Waals surface area contributed by atoms with Crippen molar-refractivity contribution in [3.05, 3.63) is 59.2 Å². The highest BCUT2D eigenvalue weighted by molar-refractivity contribution is 5.80. The van der Waals surface area contributed by atoms with Crippen molar-refractivity contribution in [2.45, 2.75) is 19.4 Å². The van der Waals surface area contributed by atoms with Gasteiger partial charge in [0.05, 0.1) is 27.4 Å². The Kier molecular flexibility index (Phi) is 7.36. The van der Waals surface area contributed by atoms with Crippen molar-refractivity contribution in [1.29, 1.82) is 0 Å². The molecule has 0 spiro atoms. The summed E-state index contributed by atoms with van der Waals surface area (Å²) in [6.45, 7) is 5.23. The fraction of sp³-hybridized carbons (Fsp3) is 0.435. The average Bonchev–Trinajstić information content (AvgIpc) is 2.77. The van der Waals surface area contributed by atoms with Crippen molar-refractivity contribution in [3.8, 4) is 11.5 Å². The first kappa shape index (κ1) is 21.0. The van der Waals surface area contributed by atoms with E-state index in [-0.39, 0.29) is 6.10 Å². The van der Waals surface area contributed by atoms with Gasteiger partial charge in [-0.2, -0.15) is 0 Å². The maximum Gasteiger partial charge on any atom is 0.193 e. The fourth-order valence-corrected chi connectivity index (χ4v) is 3.66. The van der Waals surface area contributed by atoms with Gasteiger partial charge in [0.25, 0.3) is 0 Å². The van der Waals surface area contributed by atoms with Gasteiger partial charge in [0.2, 0.25) is 0 Å². The monoisotopic (exact) mass is 397 g/mol. The summed E-state index contributed by atoms with van der Waals surface area (Å²) < 4.78 is 16.7. The molecule has 0 bridgehead atoms. The van der Waals surface area contributed by atoms with Crippen molar-refractivity contribution in [1.82, 2.24) is 10.2 Å². The van der Waals surface area contributed by atoms with Crippen LogP contribution in [0.1, 0.15) is 22.8 Å². The molecule has 1 unspecified atom stereocenters. The van der Waals surface area contributed by atoms with Crippen molar-refractivity contribution in [2.24, 2.45) is 4.99 Å². The van der Waals surface area contributed by atoms with Crippen LogP contribution < -0.4 is 14.8 Å². The van der Waals surface area contributed by atoms with Gasteiger partial charge < -0.3 is 24.4 Å². The minimum Gasteiger partial charge on any atom is -0.493 e. The Labute approximate surface area is 173 Å². The molecule has 6 heteroatoms. The highest BCUT2D eigenvalue weighted by Gasteiger charge is 2.25. The van der Waals surface area contributed by atoms with E-state index >= 15 is 0 Å². The molecule has 1 N–H and O–H groups in total. The van der Waals surface area contributed by atoms with Crippen molar-refractivity contribution in [2.75, 3.05) is 47.5 Å². The molecule has 0 saturated carbocycles. The summed E-state index contributed by atoms with van der Waals surface area (Å²) in [4.78, 5) is 6.76. The third-order valence-corrected chi connectivity index (χ3v) is 5.26. The second kappa shape index (κ2) is 10.2. The van der Waals surface area contributed by atoms with E-state index in [0.717, 1.165) is 43.5 Å². The first-order chi connectivity index (χ1) is 14.2. The van der Waals surface area contributed by atoms with Crippen LogP contribution in [-0.2, 0) is 11.2 Å². The highest BCUT2D eigenvalue weighted by Crippen LogP contribution is 2.28. The highest BCUT2D eigenvalue weighted by atomic mass is 16.5. The van der Waals surface area contributed by atoms with E-state index in [2.05, 4.69) is 52.5 Å². The predicted octanol–water partition coefficient (Wildman–Crippen LogP) is 3.20. The van der Waals surface area contributed by atoms with E-state index in [9.17, 15) is 0 Å². The number of hydrogen-bond acceptors (Lipinski definition) is 4. The van der Waals surface area contributed by atoms with E-state index in [1.54, 1.807) is 14.2 Å². The van der Waals surface area contributed by atoms with Gasteiger partial charge in [-0.15, -0.1) is 0 Å². The Morgan fingerprint density at radius 3 is 2.69 bits per heavy atom. The van der Waals surface area contributed by atoms with E-state index < -0.39 is 0 Å². The Hall–Kier alpha value is -2.73. The number of methoxy groups -OCH3 is 2. The van der Waals surface area contributed by atoms with Gasteiger partial charge in [-0.25, -0.2) is 0 Å². The lowest BCUT2D eigenvalue weighted by molar-refractivity contribution is -0.00829. The molecule has 0 aromatic heterocycles. The van der Waals surface area contributed by atoms with Crippen LogP contribution in [0.25, 0.3) is 0 Å². The first-order valence-electron chi connectivity index (χ1n) is 10.00. The molecule has 1 fully saturated rings. The average molecular weight is 398 g/mol. The number of ether oxygens (including phenoxy) is 3. The summed E-state index contributed by atoms with van der Waals surface area (Å²) >= 11 is 0. The summed E-state index contributed by atoms with van der Waals surface area (Å²) in [5, 5.41) is 3.49. The maximum atomic E-state index is 6.04. The number of nitrogens with zero attached hydrogens (tertiary/aromatic N) is 2. The van der Waals surface area contributed by atoms with Crippen LogP contribution >= 0.6 is 0 Å². The summed E-state index contributed by atoms with van der Waals surface area (Å²) in [5.74, 6) is 2.41. The van der Waals surface area contributed by atoms with Crippen molar-refractivity contribution >= 4 is 5.96 Å². The summed E-state index contributed by atoms with van der Waals surface area (Å²) in [6.07, 6.45) is 0.930. The van der Waals surface area contributed by atoms with Gasteiger partial charge in [0, 0.05) is 20.1 Å². The molecule has 1 aliphatic rings. The number of aliphatic imine (C=N–C) groups is 1. The van der Waals surface area contributed by atoms with E-state index in [4.69, 9.17) is 14.2 Å². The molecule has 0 aliphatic carbocycles. The molecular formula is C23H31N3O3. The predicted molar refractivity (Wildman–Crippen MR) is 116 cm³/mol. The number of aryl methyl sites for hydroxylation is 1. The quantitative estimate of drug-likeness (QED) is 0.599. The van der Waals surface area contributed by atoms with Gasteiger partial charge in [-0.05, 0) is 42.2 Å². The standard InChI is InChI=1S/C23H31N3O3/c1-17-7-5-6-8-19(17)22-16-26(13-14-29-22)23(24-2)25-12-11-18-9-10-20(27-3)21(15-18)28-4/h5-10,15,22H,11-14,16H2,1-4H3,(H,24,25). The van der Waals surface area contributed by atoms with E-state index in [1.165, 1.54) is 16.7 Å². The second-order valence-electron chi connectivity index (χ2n) is 7.08. The molecule has 29 heavy (non-hydrogen) atoms. The normalized spacial score (nSPS) is 17.2. The molecule has 0 amide bonds. The minimum absolute atomic E-state index is 0.0642. The van der Waals surface area contributed by atoms with Crippen LogP contribution in [0.3, 0.4) is 0 Å². The summed E-state index contributed by atoms with van der Waals surface area (Å²) in [5.41, 5.74) is 3.69. The van der Waals surface area contributed by atoms with E-state index in [0.29, 0.717) is 6.61 Å². The molecule has 3 rings (SSSR count). The summed E-state index contributed by atoms with van der Waals surface area (Å²) in [6, 6.07) is 14.4. The van der Waals surface area contributed by atoms with Gasteiger partial charge >= 0.3 is 0 Å². The number of morpholine rings is 1. The Bertz CT molecular complexity index is 838. The zero-order valence-electron chi connectivity index (χ0n) is 17.8. The molecule has 1 atom stereocenters. The largest absolute Gasteiger partial charge is 0.493 e. The third-order valence-electron chi connectivity index (χ3n) is 5.26. The van der Waals surface area contributed by atoms with E-state index in [1.807, 2.05) is 19.2 Å². The molecule has 1 aliphatic heterocycles. The second-order valence-corrected chi connectivity index (χ2v) is 7.08. The smallest absolute Gasteiger partial charge is 0.193 e. The Balaban J connectivity index is 1.58. The lowest BCUT2D eigenvalue weighted by atomic mass is 10.0. The van der Waals surface area contributed by atoms with Crippen LogP contribution in [0.5, 0.6) is 11.5 Å². The zero-order chi connectivity index (χ0) is 20.6. The van der Waals surface area contributed by atoms with Crippen LogP contribution in [0, 0.1) is 6.92 Å². The van der Waals surface area contributed by atoms with Crippen LogP contribution in [0.15, 0.2) is 47.5 Å². The lowest BCUT2D eigenvalue weighted by Crippen LogP contribution is -2.48. The zero-order valence-corrected chi connectivity index (χ0v) is 17.8. The van der Waals surface area contributed by atoms with Gasteiger partial charge in [0.1, 0.15) is 6.10 Å². The molecule has 1 saturated heterocycles. The number of hydrogen-bond donors (Lipinski definition) is 1. The minimum atomic E-state index is 0.0642. The maximum absolute atomic E-state index is 6.04. The molecule has 0 radical (unpaired) electrons. The van der Waals surface area contributed by atoms with Crippen LogP contribution in [0.4, 0.5) is 0 Å². The third kappa shape index (κ3) is 5.21. The number of benzene rings is 2. The topological polar surface area (TPSA) is 55.3 Å². The molecule has 2 aromatic rings. The van der Waals surface area contributed by atoms with Gasteiger partial charge in [-0.3, -0.25) is 4.99 Å². The number of nitrogens with one attached hydrogen (secondary N) is 1. The van der Waals surface area contributed by atoms with Crippen molar-refractivity contribution in [3.63, 3.8) is 0 Å². The van der Waals surface area contributed by atoms with Crippen LogP contribution in [0.2, 0.25) is 0 Å². The van der Waals surface area contributed by atoms with Gasteiger partial charge in [-0.1, -0.05) is 30.3 Å². The Morgan fingerprint density at radius 2 is 1.97 bits per heavy atom. The molecule has 156 valence electrons. The number of rotatable bonds is 6. The summed E-state index contributed by atoms with van der Waals surface area (Å²) in [7, 11) is 5.14. The molecular weight excluding hydrogens is 366 g/mol. The van der Waals surface area contributed by atoms with Gasteiger partial charge in [0.15, 0.2) is 17.5 Å². The molecule has 6 nitrogen and oxygen atoms in total. The number of guanidine groups is 1. The molecule has 2 aromatic carbocycles. The SMILES string of the molecule is CN=C(NCCc1ccc(OC)c(OC)c1)N1CCOC(c2ccccc2C)C1. The fourth-order valence-electron chi connectivity index (χ4n) is 3.66. The first-order valence-corrected chi connectivity index (χ1v) is 10.00. The molecule has 1 heterocycles. The van der Waals surface area contributed by atoms with Crippen LogP contribution in [-0.4, -0.2) is 58.4 Å².